The van der Waals surface area contributed by atoms with E-state index in [4.69, 9.17) is 8.83 Å². The van der Waals surface area contributed by atoms with Gasteiger partial charge in [0.1, 0.15) is 22.3 Å². The Bertz CT molecular complexity index is 3090. The molecule has 0 bridgehead atoms. The number of rotatable bonds is 5. The molecule has 54 heavy (non-hydrogen) atoms. The van der Waals surface area contributed by atoms with Crippen molar-refractivity contribution in [2.24, 2.45) is 0 Å². The monoisotopic (exact) mass is 693 g/mol. The average Bonchev–Trinajstić information content (AvgIpc) is 3.87. The number of fused-ring (bicyclic) bond motifs is 9. The first-order valence-electron chi connectivity index (χ1n) is 18.6. The number of anilines is 3. The van der Waals surface area contributed by atoms with Gasteiger partial charge in [0.05, 0.1) is 16.8 Å². The van der Waals surface area contributed by atoms with Crippen molar-refractivity contribution in [1.82, 2.24) is 0 Å². The quantitative estimate of drug-likeness (QED) is 0.180. The smallest absolute Gasteiger partial charge is 0.143 e. The van der Waals surface area contributed by atoms with E-state index in [1.807, 2.05) is 12.1 Å². The Labute approximate surface area is 313 Å². The van der Waals surface area contributed by atoms with E-state index in [0.717, 1.165) is 83.2 Å². The topological polar surface area (TPSA) is 29.5 Å². The van der Waals surface area contributed by atoms with Gasteiger partial charge in [0.25, 0.3) is 0 Å². The van der Waals surface area contributed by atoms with Gasteiger partial charge in [0.15, 0.2) is 0 Å². The van der Waals surface area contributed by atoms with E-state index in [-0.39, 0.29) is 5.41 Å². The zero-order valence-electron chi connectivity index (χ0n) is 30.0. The van der Waals surface area contributed by atoms with Crippen LogP contribution in [0.25, 0.3) is 77.3 Å². The van der Waals surface area contributed by atoms with Gasteiger partial charge in [-0.15, -0.1) is 0 Å². The Kier molecular flexibility index (Phi) is 6.60. The van der Waals surface area contributed by atoms with Crippen molar-refractivity contribution < 1.29 is 8.83 Å². The third-order valence-electron chi connectivity index (χ3n) is 11.5. The summed E-state index contributed by atoms with van der Waals surface area (Å²) in [6, 6.07) is 63.0. The van der Waals surface area contributed by atoms with Crippen molar-refractivity contribution in [3.8, 4) is 33.4 Å². The SMILES string of the molecule is CC1(C)c2ccccc2-c2ccc(N(c3cc(-c4ccccc4)ccc3-c3cccc4c3oc3ccccc34)c3cccc4oc5ccccc5c34)cc21. The zero-order chi connectivity index (χ0) is 36.0. The van der Waals surface area contributed by atoms with Gasteiger partial charge in [-0.2, -0.15) is 0 Å². The van der Waals surface area contributed by atoms with Crippen molar-refractivity contribution in [2.45, 2.75) is 19.3 Å². The molecule has 0 N–H and O–H groups in total. The normalized spacial score (nSPS) is 13.1. The van der Waals surface area contributed by atoms with Crippen LogP contribution in [0.15, 0.2) is 185 Å². The van der Waals surface area contributed by atoms with E-state index < -0.39 is 0 Å². The number of hydrogen-bond donors (Lipinski definition) is 0. The molecule has 3 heteroatoms. The lowest BCUT2D eigenvalue weighted by Gasteiger charge is -2.30. The molecule has 1 aliphatic rings. The molecule has 3 nitrogen and oxygen atoms in total. The summed E-state index contributed by atoms with van der Waals surface area (Å²) < 4.78 is 13.2. The molecule has 0 unspecified atom stereocenters. The summed E-state index contributed by atoms with van der Waals surface area (Å²) >= 11 is 0. The van der Waals surface area contributed by atoms with Crippen LogP contribution in [0.4, 0.5) is 17.1 Å². The first kappa shape index (κ1) is 30.8. The molecule has 0 spiro atoms. The second-order valence-electron chi connectivity index (χ2n) is 14.9. The fourth-order valence-electron chi connectivity index (χ4n) is 8.90. The van der Waals surface area contributed by atoms with Gasteiger partial charge in [-0.05, 0) is 75.8 Å². The zero-order valence-corrected chi connectivity index (χ0v) is 30.0. The highest BCUT2D eigenvalue weighted by Gasteiger charge is 2.36. The minimum Gasteiger partial charge on any atom is -0.456 e. The largest absolute Gasteiger partial charge is 0.456 e. The number of para-hydroxylation sites is 3. The van der Waals surface area contributed by atoms with Gasteiger partial charge in [-0.3, -0.25) is 0 Å². The Morgan fingerprint density at radius 2 is 1.06 bits per heavy atom. The van der Waals surface area contributed by atoms with Crippen LogP contribution < -0.4 is 4.90 Å². The summed E-state index contributed by atoms with van der Waals surface area (Å²) in [6.07, 6.45) is 0. The minimum atomic E-state index is -0.170. The molecule has 2 heterocycles. The molecule has 0 saturated carbocycles. The molecule has 11 rings (SSSR count). The average molecular weight is 694 g/mol. The molecule has 0 aliphatic heterocycles. The van der Waals surface area contributed by atoms with Crippen molar-refractivity contribution in [3.05, 3.63) is 187 Å². The molecular formula is C51H35NO2. The summed E-state index contributed by atoms with van der Waals surface area (Å²) in [5, 5.41) is 4.38. The fraction of sp³-hybridized carbons (Fsp3) is 0.0588. The van der Waals surface area contributed by atoms with Gasteiger partial charge in [-0.1, -0.05) is 147 Å². The lowest BCUT2D eigenvalue weighted by Crippen LogP contribution is -2.17. The standard InChI is InChI=1S/C51H35NO2/c1-51(2)42-21-9-6-16-35(42)36-29-27-34(31-43(36)51)52(44-22-13-25-48-49(44)41-18-8-11-24-47(41)53-48)45-30-33(32-14-4-3-5-15-32)26-28-37(45)39-19-12-20-40-38-17-7-10-23-46(38)54-50(39)40/h3-31H,1-2H3. The molecule has 0 radical (unpaired) electrons. The van der Waals surface area contributed by atoms with E-state index >= 15 is 0 Å². The first-order chi connectivity index (χ1) is 26.5. The van der Waals surface area contributed by atoms with Crippen LogP contribution in [0.3, 0.4) is 0 Å². The second kappa shape index (κ2) is 11.6. The molecule has 0 fully saturated rings. The van der Waals surface area contributed by atoms with Gasteiger partial charge >= 0.3 is 0 Å². The number of furan rings is 2. The van der Waals surface area contributed by atoms with Gasteiger partial charge in [0, 0.05) is 38.4 Å². The van der Waals surface area contributed by atoms with E-state index in [2.05, 4.69) is 183 Å². The third kappa shape index (κ3) is 4.48. The van der Waals surface area contributed by atoms with Crippen LogP contribution in [0, 0.1) is 0 Å². The Balaban J connectivity index is 1.25. The lowest BCUT2D eigenvalue weighted by atomic mass is 9.82. The van der Waals surface area contributed by atoms with E-state index in [1.54, 1.807) is 0 Å². The molecule has 1 aliphatic carbocycles. The maximum absolute atomic E-state index is 6.70. The molecule has 256 valence electrons. The van der Waals surface area contributed by atoms with Gasteiger partial charge in [0.2, 0.25) is 0 Å². The molecule has 0 saturated heterocycles. The maximum atomic E-state index is 6.70. The Morgan fingerprint density at radius 3 is 1.93 bits per heavy atom. The summed E-state index contributed by atoms with van der Waals surface area (Å²) in [6.45, 7) is 4.69. The van der Waals surface area contributed by atoms with Crippen LogP contribution in [0.2, 0.25) is 0 Å². The highest BCUT2D eigenvalue weighted by atomic mass is 16.3. The predicted octanol–water partition coefficient (Wildman–Crippen LogP) is 14.6. The minimum absolute atomic E-state index is 0.170. The summed E-state index contributed by atoms with van der Waals surface area (Å²) in [5.74, 6) is 0. The summed E-state index contributed by atoms with van der Waals surface area (Å²) in [7, 11) is 0. The van der Waals surface area contributed by atoms with Crippen molar-refractivity contribution in [1.29, 1.82) is 0 Å². The number of nitrogens with zero attached hydrogens (tertiary/aromatic N) is 1. The molecule has 8 aromatic carbocycles. The van der Waals surface area contributed by atoms with Crippen LogP contribution >= 0.6 is 0 Å². The third-order valence-corrected chi connectivity index (χ3v) is 11.5. The van der Waals surface area contributed by atoms with Crippen LogP contribution in [0.5, 0.6) is 0 Å². The van der Waals surface area contributed by atoms with E-state index in [9.17, 15) is 0 Å². The van der Waals surface area contributed by atoms with Crippen LogP contribution in [0.1, 0.15) is 25.0 Å². The van der Waals surface area contributed by atoms with Crippen LogP contribution in [-0.4, -0.2) is 0 Å². The molecular weight excluding hydrogens is 659 g/mol. The van der Waals surface area contributed by atoms with E-state index in [0.29, 0.717) is 0 Å². The Morgan fingerprint density at radius 1 is 0.407 bits per heavy atom. The maximum Gasteiger partial charge on any atom is 0.143 e. The molecule has 2 aromatic heterocycles. The van der Waals surface area contributed by atoms with Gasteiger partial charge < -0.3 is 13.7 Å². The Hall–Kier alpha value is -6.84. The predicted molar refractivity (Wildman–Crippen MR) is 224 cm³/mol. The number of hydrogen-bond acceptors (Lipinski definition) is 3. The highest BCUT2D eigenvalue weighted by Crippen LogP contribution is 2.53. The van der Waals surface area contributed by atoms with Crippen molar-refractivity contribution >= 4 is 60.9 Å². The first-order valence-corrected chi connectivity index (χ1v) is 18.6. The fourth-order valence-corrected chi connectivity index (χ4v) is 8.90. The van der Waals surface area contributed by atoms with Gasteiger partial charge in [-0.25, -0.2) is 0 Å². The molecule has 0 atom stereocenters. The second-order valence-corrected chi connectivity index (χ2v) is 14.9. The summed E-state index contributed by atoms with van der Waals surface area (Å²) in [5.41, 5.74) is 16.2. The molecule has 10 aromatic rings. The van der Waals surface area contributed by atoms with Crippen molar-refractivity contribution in [3.63, 3.8) is 0 Å². The number of benzene rings is 8. The molecule has 0 amide bonds. The van der Waals surface area contributed by atoms with Crippen molar-refractivity contribution in [2.75, 3.05) is 4.90 Å². The highest BCUT2D eigenvalue weighted by molar-refractivity contribution is 6.15. The summed E-state index contributed by atoms with van der Waals surface area (Å²) in [4.78, 5) is 2.45. The van der Waals surface area contributed by atoms with Crippen LogP contribution in [-0.2, 0) is 5.41 Å². The lowest BCUT2D eigenvalue weighted by molar-refractivity contribution is 0.660. The van der Waals surface area contributed by atoms with E-state index in [1.165, 1.54) is 22.3 Å².